The third-order valence-corrected chi connectivity index (χ3v) is 7.81. The monoisotopic (exact) mass is 642 g/mol. The molecule has 2 aromatic rings. The number of amides is 2. The van der Waals surface area contributed by atoms with E-state index in [0.717, 1.165) is 11.1 Å². The molecule has 0 aliphatic carbocycles. The third kappa shape index (κ3) is 12.6. The van der Waals surface area contributed by atoms with E-state index in [2.05, 4.69) is 21.3 Å². The molecular weight excluding hydrogens is 592 g/mol. The summed E-state index contributed by atoms with van der Waals surface area (Å²) in [5, 5.41) is 49.6. The molecule has 0 bridgehead atoms. The van der Waals surface area contributed by atoms with E-state index >= 15 is 0 Å². The summed E-state index contributed by atoms with van der Waals surface area (Å²) >= 11 is 0. The first-order valence-electron chi connectivity index (χ1n) is 15.5. The molecular formula is C32H50N8O6. The summed E-state index contributed by atoms with van der Waals surface area (Å²) < 4.78 is 0. The molecule has 14 N–H and O–H groups in total. The summed E-state index contributed by atoms with van der Waals surface area (Å²) in [4.78, 5) is 38.9. The maximum absolute atomic E-state index is 13.7. The Labute approximate surface area is 270 Å². The van der Waals surface area contributed by atoms with Crippen LogP contribution in [0.25, 0.3) is 0 Å². The number of carboxylic acid groups (broad SMARTS) is 1. The number of guanidine groups is 1. The number of hydrogen-bond acceptors (Lipinski definition) is 9. The number of nitrogens with one attached hydrogen (secondary N) is 5. The van der Waals surface area contributed by atoms with Crippen molar-refractivity contribution in [2.24, 2.45) is 17.2 Å². The SMILES string of the molecule is Cc1ccc(O)c(C)c1CC(NC(=O)C(CCCCN)NC(=O)C(N)Cc1ccccc1)C(O)NC(CCCNC(=N)N)C(=O)O. The van der Waals surface area contributed by atoms with Crippen LogP contribution in [0.4, 0.5) is 0 Å². The Morgan fingerprint density at radius 2 is 1.59 bits per heavy atom. The van der Waals surface area contributed by atoms with Crippen LogP contribution in [0.15, 0.2) is 42.5 Å². The van der Waals surface area contributed by atoms with Crippen molar-refractivity contribution in [1.29, 1.82) is 5.41 Å². The average Bonchev–Trinajstić information content (AvgIpc) is 3.01. The zero-order valence-corrected chi connectivity index (χ0v) is 26.6. The highest BCUT2D eigenvalue weighted by atomic mass is 16.4. The lowest BCUT2D eigenvalue weighted by Crippen LogP contribution is -2.59. The number of aromatic hydroxyl groups is 1. The molecule has 0 aliphatic heterocycles. The van der Waals surface area contributed by atoms with Crippen LogP contribution in [-0.4, -0.2) is 82.5 Å². The van der Waals surface area contributed by atoms with E-state index in [0.29, 0.717) is 36.9 Å². The van der Waals surface area contributed by atoms with Crippen LogP contribution in [0.2, 0.25) is 0 Å². The molecule has 0 fully saturated rings. The van der Waals surface area contributed by atoms with Gasteiger partial charge in [0.05, 0.1) is 12.1 Å². The van der Waals surface area contributed by atoms with E-state index in [1.54, 1.807) is 19.1 Å². The van der Waals surface area contributed by atoms with Gasteiger partial charge in [-0.15, -0.1) is 0 Å². The van der Waals surface area contributed by atoms with Crippen LogP contribution in [0.3, 0.4) is 0 Å². The van der Waals surface area contributed by atoms with Gasteiger partial charge < -0.3 is 48.5 Å². The lowest BCUT2D eigenvalue weighted by atomic mass is 9.94. The van der Waals surface area contributed by atoms with Crippen molar-refractivity contribution in [3.05, 3.63) is 64.7 Å². The van der Waals surface area contributed by atoms with Crippen LogP contribution in [-0.2, 0) is 27.2 Å². The molecule has 0 radical (unpaired) electrons. The fourth-order valence-electron chi connectivity index (χ4n) is 5.07. The standard InChI is InChI=1S/C32H50N8O6/c1-19-13-14-27(41)20(2)22(19)18-26(30(44)39-25(31(45)46)12-8-16-37-32(35)36)40-29(43)24(11-6-7-15-33)38-28(42)23(34)17-21-9-4-3-5-10-21/h3-5,9-10,13-14,23-26,30,39,41,44H,6-8,11-12,15-18,33-34H2,1-2H3,(H,38,42)(H,40,43)(H,45,46)(H4,35,36,37). The molecule has 0 heterocycles. The number of phenolic OH excluding ortho intramolecular Hbond substituents is 1. The van der Waals surface area contributed by atoms with E-state index in [1.807, 2.05) is 37.3 Å². The summed E-state index contributed by atoms with van der Waals surface area (Å²) in [5.74, 6) is -2.52. The minimum absolute atomic E-state index is 0.0360. The highest BCUT2D eigenvalue weighted by molar-refractivity contribution is 5.90. The lowest BCUT2D eigenvalue weighted by Gasteiger charge is -2.30. The van der Waals surface area contributed by atoms with Gasteiger partial charge in [-0.25, -0.2) is 0 Å². The number of rotatable bonds is 20. The maximum Gasteiger partial charge on any atom is 0.320 e. The van der Waals surface area contributed by atoms with Crippen LogP contribution in [0.1, 0.15) is 54.4 Å². The number of hydrogen-bond donors (Lipinski definition) is 11. The second kappa shape index (κ2) is 19.3. The van der Waals surface area contributed by atoms with Crippen molar-refractivity contribution >= 4 is 23.7 Å². The smallest absolute Gasteiger partial charge is 0.320 e. The molecule has 0 saturated heterocycles. The molecule has 46 heavy (non-hydrogen) atoms. The quantitative estimate of drug-likeness (QED) is 0.0391. The van der Waals surface area contributed by atoms with Gasteiger partial charge in [-0.2, -0.15) is 0 Å². The van der Waals surface area contributed by atoms with Gasteiger partial charge >= 0.3 is 5.97 Å². The molecule has 0 aromatic heterocycles. The molecule has 2 amide bonds. The highest BCUT2D eigenvalue weighted by Gasteiger charge is 2.31. The number of carbonyl (C=O) groups excluding carboxylic acids is 2. The number of aliphatic hydroxyl groups is 1. The molecule has 0 spiro atoms. The van der Waals surface area contributed by atoms with Gasteiger partial charge in [0.25, 0.3) is 0 Å². The Balaban J connectivity index is 2.30. The molecule has 5 atom stereocenters. The van der Waals surface area contributed by atoms with Gasteiger partial charge in [0.15, 0.2) is 5.96 Å². The molecule has 14 nitrogen and oxygen atoms in total. The van der Waals surface area contributed by atoms with Crippen LogP contribution < -0.4 is 38.5 Å². The van der Waals surface area contributed by atoms with Crippen LogP contribution in [0, 0.1) is 19.3 Å². The Morgan fingerprint density at radius 3 is 2.22 bits per heavy atom. The van der Waals surface area contributed by atoms with E-state index in [-0.39, 0.29) is 43.9 Å². The summed E-state index contributed by atoms with van der Waals surface area (Å²) in [7, 11) is 0. The largest absolute Gasteiger partial charge is 0.508 e. The van der Waals surface area contributed by atoms with Gasteiger partial charge in [0.1, 0.15) is 24.1 Å². The molecule has 2 rings (SSSR count). The van der Waals surface area contributed by atoms with Crippen LogP contribution in [0.5, 0.6) is 5.75 Å². The molecule has 254 valence electrons. The molecule has 5 unspecified atom stereocenters. The van der Waals surface area contributed by atoms with Gasteiger partial charge in [-0.3, -0.25) is 25.1 Å². The number of unbranched alkanes of at least 4 members (excludes halogenated alkanes) is 1. The Hall–Kier alpha value is -4.24. The summed E-state index contributed by atoms with van der Waals surface area (Å²) in [6.45, 7) is 4.19. The summed E-state index contributed by atoms with van der Waals surface area (Å²) in [5.41, 5.74) is 20.0. The van der Waals surface area contributed by atoms with E-state index < -0.39 is 48.2 Å². The summed E-state index contributed by atoms with van der Waals surface area (Å²) in [6, 6.07) is 8.35. The first kappa shape index (κ1) is 37.9. The predicted molar refractivity (Wildman–Crippen MR) is 176 cm³/mol. The first-order valence-corrected chi connectivity index (χ1v) is 15.5. The van der Waals surface area contributed by atoms with Crippen molar-refractivity contribution in [3.63, 3.8) is 0 Å². The molecule has 2 aromatic carbocycles. The van der Waals surface area contributed by atoms with Gasteiger partial charge in [-0.1, -0.05) is 36.4 Å². The van der Waals surface area contributed by atoms with Gasteiger partial charge in [0, 0.05) is 6.54 Å². The molecule has 14 heteroatoms. The molecule has 0 saturated carbocycles. The Morgan fingerprint density at radius 1 is 0.913 bits per heavy atom. The number of nitrogens with two attached hydrogens (primary N) is 3. The van der Waals surface area contributed by atoms with Gasteiger partial charge in [0.2, 0.25) is 11.8 Å². The summed E-state index contributed by atoms with van der Waals surface area (Å²) in [6.07, 6.45) is 0.607. The normalized spacial score (nSPS) is 14.4. The van der Waals surface area contributed by atoms with E-state index in [1.165, 1.54) is 0 Å². The van der Waals surface area contributed by atoms with Crippen molar-refractivity contribution in [1.82, 2.24) is 21.3 Å². The minimum atomic E-state index is -1.53. The van der Waals surface area contributed by atoms with Gasteiger partial charge in [-0.05, 0) is 93.7 Å². The van der Waals surface area contributed by atoms with Crippen molar-refractivity contribution in [2.45, 2.75) is 89.2 Å². The number of aryl methyl sites for hydroxylation is 1. The number of carboxylic acids is 1. The third-order valence-electron chi connectivity index (χ3n) is 7.81. The maximum atomic E-state index is 13.7. The van der Waals surface area contributed by atoms with E-state index in [4.69, 9.17) is 22.6 Å². The lowest BCUT2D eigenvalue weighted by molar-refractivity contribution is -0.141. The Kier molecular flexibility index (Phi) is 15.9. The van der Waals surface area contributed by atoms with Crippen molar-refractivity contribution in [2.75, 3.05) is 13.1 Å². The zero-order chi connectivity index (χ0) is 34.2. The minimum Gasteiger partial charge on any atom is -0.508 e. The average molecular weight is 643 g/mol. The number of carbonyl (C=O) groups is 3. The van der Waals surface area contributed by atoms with Crippen molar-refractivity contribution < 1.29 is 29.7 Å². The van der Waals surface area contributed by atoms with Crippen LogP contribution >= 0.6 is 0 Å². The topological polar surface area (TPSA) is 262 Å². The number of benzene rings is 2. The predicted octanol–water partition coefficient (Wildman–Crippen LogP) is -0.155. The second-order valence-corrected chi connectivity index (χ2v) is 11.5. The fourth-order valence-corrected chi connectivity index (χ4v) is 5.07. The number of aliphatic carboxylic acids is 1. The number of aliphatic hydroxyl groups excluding tert-OH is 1. The fraction of sp³-hybridized carbons (Fsp3) is 0.500. The van der Waals surface area contributed by atoms with Crippen molar-refractivity contribution in [3.8, 4) is 5.75 Å². The number of phenols is 1. The first-order chi connectivity index (χ1) is 21.8. The Bertz CT molecular complexity index is 1290. The highest BCUT2D eigenvalue weighted by Crippen LogP contribution is 2.25. The van der Waals surface area contributed by atoms with E-state index in [9.17, 15) is 29.7 Å². The zero-order valence-electron chi connectivity index (χ0n) is 26.6. The molecule has 0 aliphatic rings. The second-order valence-electron chi connectivity index (χ2n) is 11.5.